The number of sulfonamides is 1. The normalized spacial score (nSPS) is 16.5. The van der Waals surface area contributed by atoms with Gasteiger partial charge in [0.1, 0.15) is 16.7 Å². The molecule has 2 aromatic rings. The molecule has 0 unspecified atom stereocenters. The van der Waals surface area contributed by atoms with Crippen molar-refractivity contribution in [1.29, 1.82) is 5.26 Å². The number of alkyl halides is 3. The van der Waals surface area contributed by atoms with Gasteiger partial charge < -0.3 is 9.42 Å². The van der Waals surface area contributed by atoms with Gasteiger partial charge in [0, 0.05) is 26.2 Å². The van der Waals surface area contributed by atoms with Crippen LogP contribution < -0.4 is 4.90 Å². The molecule has 7 nitrogen and oxygen atoms in total. The third-order valence-electron chi connectivity index (χ3n) is 4.81. The van der Waals surface area contributed by atoms with Gasteiger partial charge in [-0.1, -0.05) is 5.16 Å². The van der Waals surface area contributed by atoms with Gasteiger partial charge in [-0.25, -0.2) is 8.42 Å². The van der Waals surface area contributed by atoms with Crippen molar-refractivity contribution in [3.63, 3.8) is 0 Å². The van der Waals surface area contributed by atoms with Gasteiger partial charge in [-0.2, -0.15) is 22.7 Å². The van der Waals surface area contributed by atoms with E-state index in [1.807, 2.05) is 6.07 Å². The third kappa shape index (κ3) is 4.09. The molecule has 0 atom stereocenters. The Morgan fingerprint density at radius 2 is 1.90 bits per heavy atom. The second-order valence-electron chi connectivity index (χ2n) is 6.74. The van der Waals surface area contributed by atoms with Crippen LogP contribution in [0, 0.1) is 25.2 Å². The maximum atomic E-state index is 13.0. The van der Waals surface area contributed by atoms with E-state index in [0.29, 0.717) is 18.7 Å². The summed E-state index contributed by atoms with van der Waals surface area (Å²) >= 11 is 0. The average Bonchev–Trinajstić information content (AvgIpc) is 2.85. The summed E-state index contributed by atoms with van der Waals surface area (Å²) in [6, 6.07) is 4.82. The molecular formula is C18H19F3N4O3S. The number of anilines is 1. The molecule has 0 spiro atoms. The fourth-order valence-corrected chi connectivity index (χ4v) is 5.19. The molecule has 0 N–H and O–H groups in total. The lowest BCUT2D eigenvalue weighted by Gasteiger charge is -2.25. The molecular weight excluding hydrogens is 409 g/mol. The quantitative estimate of drug-likeness (QED) is 0.746. The highest BCUT2D eigenvalue weighted by atomic mass is 32.2. The van der Waals surface area contributed by atoms with Gasteiger partial charge in [0.2, 0.25) is 10.0 Å². The van der Waals surface area contributed by atoms with Gasteiger partial charge >= 0.3 is 6.18 Å². The van der Waals surface area contributed by atoms with Gasteiger partial charge in [0.25, 0.3) is 0 Å². The van der Waals surface area contributed by atoms with Crippen molar-refractivity contribution in [2.75, 3.05) is 31.1 Å². The van der Waals surface area contributed by atoms with E-state index in [-0.39, 0.29) is 41.5 Å². The van der Waals surface area contributed by atoms with Crippen LogP contribution in [0.4, 0.5) is 18.9 Å². The molecule has 156 valence electrons. The zero-order valence-electron chi connectivity index (χ0n) is 15.8. The summed E-state index contributed by atoms with van der Waals surface area (Å²) < 4.78 is 71.0. The molecule has 29 heavy (non-hydrogen) atoms. The fraction of sp³-hybridized carbons (Fsp3) is 0.444. The standard InChI is InChI=1S/C18H19F3N4O3S/c1-12-17(13(2)28-23-12)29(26,27)25-7-3-6-24(8-9-25)16-5-4-15(18(19,20)21)10-14(16)11-22/h4-5,10H,3,6-9H2,1-2H3. The van der Waals surface area contributed by atoms with Crippen molar-refractivity contribution in [2.45, 2.75) is 31.3 Å². The topological polar surface area (TPSA) is 90.4 Å². The summed E-state index contributed by atoms with van der Waals surface area (Å²) in [5, 5.41) is 13.0. The molecule has 1 aliphatic heterocycles. The molecule has 1 fully saturated rings. The molecule has 0 radical (unpaired) electrons. The number of hydrogen-bond donors (Lipinski definition) is 0. The lowest BCUT2D eigenvalue weighted by molar-refractivity contribution is -0.137. The first-order chi connectivity index (χ1) is 13.6. The SMILES string of the molecule is Cc1noc(C)c1S(=O)(=O)N1CCCN(c2ccc(C(F)(F)F)cc2C#N)CC1. The smallest absolute Gasteiger partial charge is 0.369 e. The van der Waals surface area contributed by atoms with Gasteiger partial charge in [-0.3, -0.25) is 0 Å². The minimum absolute atomic E-state index is 0.0400. The van der Waals surface area contributed by atoms with Crippen molar-refractivity contribution in [1.82, 2.24) is 9.46 Å². The molecule has 0 aliphatic carbocycles. The molecule has 1 aliphatic rings. The van der Waals surface area contributed by atoms with Crippen molar-refractivity contribution >= 4 is 15.7 Å². The number of aromatic nitrogens is 1. The van der Waals surface area contributed by atoms with Crippen LogP contribution in [0.3, 0.4) is 0 Å². The average molecular weight is 428 g/mol. The predicted molar refractivity (Wildman–Crippen MR) is 97.7 cm³/mol. The van der Waals surface area contributed by atoms with Gasteiger partial charge in [-0.05, 0) is 38.5 Å². The molecule has 1 aromatic carbocycles. The van der Waals surface area contributed by atoms with Crippen LogP contribution in [0.15, 0.2) is 27.6 Å². The van der Waals surface area contributed by atoms with Crippen LogP contribution in [0.25, 0.3) is 0 Å². The summed E-state index contributed by atoms with van der Waals surface area (Å²) in [6.45, 7) is 4.09. The van der Waals surface area contributed by atoms with Crippen LogP contribution in [0.5, 0.6) is 0 Å². The largest absolute Gasteiger partial charge is 0.416 e. The van der Waals surface area contributed by atoms with E-state index in [9.17, 15) is 26.9 Å². The van der Waals surface area contributed by atoms with Crippen molar-refractivity contribution in [3.05, 3.63) is 40.8 Å². The monoisotopic (exact) mass is 428 g/mol. The molecule has 0 bridgehead atoms. The Kier molecular flexibility index (Phi) is 5.60. The van der Waals surface area contributed by atoms with Crippen LogP contribution in [-0.2, 0) is 16.2 Å². The first-order valence-electron chi connectivity index (χ1n) is 8.85. The lowest BCUT2D eigenvalue weighted by atomic mass is 10.1. The number of rotatable bonds is 3. The predicted octanol–water partition coefficient (Wildman–Crippen LogP) is 3.08. The Bertz CT molecular complexity index is 1040. The zero-order valence-corrected chi connectivity index (χ0v) is 16.6. The number of hydrogen-bond acceptors (Lipinski definition) is 6. The Hall–Kier alpha value is -2.58. The molecule has 3 rings (SSSR count). The fourth-order valence-electron chi connectivity index (χ4n) is 3.42. The summed E-state index contributed by atoms with van der Waals surface area (Å²) in [7, 11) is -3.81. The number of nitrogens with zero attached hydrogens (tertiary/aromatic N) is 4. The van der Waals surface area contributed by atoms with E-state index in [1.165, 1.54) is 17.3 Å². The first-order valence-corrected chi connectivity index (χ1v) is 10.3. The van der Waals surface area contributed by atoms with E-state index in [1.54, 1.807) is 11.8 Å². The summed E-state index contributed by atoms with van der Waals surface area (Å²) in [4.78, 5) is 1.78. The molecule has 0 amide bonds. The Morgan fingerprint density at radius 1 is 1.17 bits per heavy atom. The van der Waals surface area contributed by atoms with Crippen molar-refractivity contribution in [3.8, 4) is 6.07 Å². The maximum absolute atomic E-state index is 13.0. The summed E-state index contributed by atoms with van der Waals surface area (Å²) in [5.74, 6) is 0.207. The minimum atomic E-state index is -4.54. The van der Waals surface area contributed by atoms with E-state index in [4.69, 9.17) is 4.52 Å². The van der Waals surface area contributed by atoms with Crippen LogP contribution in [-0.4, -0.2) is 44.1 Å². The second kappa shape index (κ2) is 7.68. The summed E-state index contributed by atoms with van der Waals surface area (Å²) in [6.07, 6.45) is -4.09. The molecule has 0 saturated carbocycles. The van der Waals surface area contributed by atoms with E-state index >= 15 is 0 Å². The molecule has 11 heteroatoms. The van der Waals surface area contributed by atoms with E-state index in [0.717, 1.165) is 12.1 Å². The lowest BCUT2D eigenvalue weighted by Crippen LogP contribution is -2.35. The zero-order chi connectivity index (χ0) is 21.4. The highest BCUT2D eigenvalue weighted by Crippen LogP contribution is 2.33. The van der Waals surface area contributed by atoms with E-state index in [2.05, 4.69) is 5.16 Å². The number of halogens is 3. The maximum Gasteiger partial charge on any atom is 0.416 e. The minimum Gasteiger partial charge on any atom is -0.369 e. The number of benzene rings is 1. The Labute approximate surface area is 166 Å². The van der Waals surface area contributed by atoms with Crippen LogP contribution in [0.2, 0.25) is 0 Å². The van der Waals surface area contributed by atoms with Crippen LogP contribution >= 0.6 is 0 Å². The molecule has 2 heterocycles. The third-order valence-corrected chi connectivity index (χ3v) is 6.95. The first kappa shape index (κ1) is 21.1. The van der Waals surface area contributed by atoms with Crippen molar-refractivity contribution in [2.24, 2.45) is 0 Å². The van der Waals surface area contributed by atoms with Crippen molar-refractivity contribution < 1.29 is 26.1 Å². The highest BCUT2D eigenvalue weighted by Gasteiger charge is 2.34. The van der Waals surface area contributed by atoms with E-state index < -0.39 is 21.8 Å². The number of aryl methyl sites for hydroxylation is 2. The van der Waals surface area contributed by atoms with Gasteiger partial charge in [0.05, 0.1) is 16.8 Å². The summed E-state index contributed by atoms with van der Waals surface area (Å²) in [5.41, 5.74) is -0.354. The molecule has 1 aromatic heterocycles. The Morgan fingerprint density at radius 3 is 2.48 bits per heavy atom. The van der Waals surface area contributed by atoms with Gasteiger partial charge in [0.15, 0.2) is 5.76 Å². The Balaban J connectivity index is 1.85. The van der Waals surface area contributed by atoms with Crippen LogP contribution in [0.1, 0.15) is 29.0 Å². The second-order valence-corrected chi connectivity index (χ2v) is 8.61. The number of nitriles is 1. The van der Waals surface area contributed by atoms with Gasteiger partial charge in [-0.15, -0.1) is 0 Å². The highest BCUT2D eigenvalue weighted by molar-refractivity contribution is 7.89. The molecule has 1 saturated heterocycles.